The van der Waals surface area contributed by atoms with E-state index in [1.807, 2.05) is 30.6 Å². The number of aromatic nitrogens is 6. The first-order chi connectivity index (χ1) is 19.1. The number of piperidine rings is 1. The highest BCUT2D eigenvalue weighted by Crippen LogP contribution is 2.37. The van der Waals surface area contributed by atoms with Gasteiger partial charge in [-0.25, -0.2) is 23.3 Å². The summed E-state index contributed by atoms with van der Waals surface area (Å²) < 4.78 is 37.7. The lowest BCUT2D eigenvalue weighted by Gasteiger charge is -2.56. The van der Waals surface area contributed by atoms with Crippen LogP contribution in [-0.4, -0.2) is 80.0 Å². The minimum Gasteiger partial charge on any atom is -0.486 e. The van der Waals surface area contributed by atoms with Crippen LogP contribution in [-0.2, 0) is 6.54 Å². The molecule has 1 N–H and O–H groups in total. The molecule has 0 radical (unpaired) electrons. The quantitative estimate of drug-likeness (QED) is 0.323. The van der Waals surface area contributed by atoms with Crippen molar-refractivity contribution in [3.63, 3.8) is 0 Å². The Kier molecular flexibility index (Phi) is 5.76. The molecule has 3 aliphatic heterocycles. The third-order valence-corrected chi connectivity index (χ3v) is 7.58. The predicted octanol–water partition coefficient (Wildman–Crippen LogP) is 3.78. The van der Waals surface area contributed by atoms with Gasteiger partial charge in [-0.1, -0.05) is 6.07 Å². The fourth-order valence-electron chi connectivity index (χ4n) is 5.70. The number of hydrogen-bond acceptors (Lipinski definition) is 8. The van der Waals surface area contributed by atoms with Gasteiger partial charge in [-0.05, 0) is 30.2 Å². The molecule has 200 valence electrons. The number of rotatable bonds is 8. The van der Waals surface area contributed by atoms with Crippen molar-refractivity contribution in [1.29, 1.82) is 0 Å². The Bertz CT molecular complexity index is 1610. The third kappa shape index (κ3) is 4.30. The standard InChI is InChI=1S/C27H26F2N8O2/c1-38-25-5-2-16(8-31-25)11-36-18-6-19(36)13-35(12-18)24-4-3-17(9-30-24)21-7-20(39-15-23(28)29)14-37-26(21)22-10-32-33-27(22)34-37/h2-5,7-10,14,18-19,23H,6,11-13,15H2,1H3,(H,33,34). The lowest BCUT2D eigenvalue weighted by molar-refractivity contribution is -0.00876. The number of halogens is 2. The summed E-state index contributed by atoms with van der Waals surface area (Å²) in [6.45, 7) is 2.00. The smallest absolute Gasteiger partial charge is 0.272 e. The number of methoxy groups -OCH3 is 1. The van der Waals surface area contributed by atoms with Crippen molar-refractivity contribution in [2.75, 3.05) is 31.7 Å². The number of aromatic amines is 1. The van der Waals surface area contributed by atoms with Crippen LogP contribution < -0.4 is 14.4 Å². The van der Waals surface area contributed by atoms with E-state index < -0.39 is 13.0 Å². The minimum atomic E-state index is -2.57. The molecule has 5 aromatic rings. The van der Waals surface area contributed by atoms with Crippen molar-refractivity contribution in [2.45, 2.75) is 31.5 Å². The molecule has 2 bridgehead atoms. The highest BCUT2D eigenvalue weighted by molar-refractivity contribution is 6.00. The summed E-state index contributed by atoms with van der Waals surface area (Å²) in [6, 6.07) is 10.7. The van der Waals surface area contributed by atoms with Gasteiger partial charge in [0.2, 0.25) is 5.88 Å². The number of piperazine rings is 1. The normalized spacial score (nSPS) is 19.1. The topological polar surface area (TPSA) is 96.7 Å². The van der Waals surface area contributed by atoms with Gasteiger partial charge >= 0.3 is 0 Å². The number of fused-ring (bicyclic) bond motifs is 5. The number of H-pyrrole nitrogens is 1. The van der Waals surface area contributed by atoms with Crippen molar-refractivity contribution in [1.82, 2.24) is 34.7 Å². The number of alkyl halides is 2. The molecule has 10 nitrogen and oxygen atoms in total. The van der Waals surface area contributed by atoms with E-state index in [9.17, 15) is 8.78 Å². The van der Waals surface area contributed by atoms with Crippen LogP contribution in [0, 0.1) is 0 Å². The van der Waals surface area contributed by atoms with Gasteiger partial charge in [-0.3, -0.25) is 10.00 Å². The average molecular weight is 533 g/mol. The lowest BCUT2D eigenvalue weighted by Crippen LogP contribution is -2.68. The number of ether oxygens (including phenoxy) is 2. The molecule has 3 saturated heterocycles. The van der Waals surface area contributed by atoms with Crippen LogP contribution in [0.5, 0.6) is 11.6 Å². The lowest BCUT2D eigenvalue weighted by atomic mass is 9.87. The molecule has 0 aliphatic carbocycles. The van der Waals surface area contributed by atoms with E-state index >= 15 is 0 Å². The fraction of sp³-hybridized carbons (Fsp3) is 0.333. The van der Waals surface area contributed by atoms with Crippen LogP contribution in [0.25, 0.3) is 27.7 Å². The van der Waals surface area contributed by atoms with E-state index in [0.29, 0.717) is 29.4 Å². The third-order valence-electron chi connectivity index (χ3n) is 7.58. The van der Waals surface area contributed by atoms with E-state index in [4.69, 9.17) is 14.5 Å². The Balaban J connectivity index is 1.11. The molecule has 3 fully saturated rings. The number of hydrogen-bond donors (Lipinski definition) is 1. The summed E-state index contributed by atoms with van der Waals surface area (Å²) in [7, 11) is 1.62. The first kappa shape index (κ1) is 23.8. The Morgan fingerprint density at radius 3 is 2.67 bits per heavy atom. The van der Waals surface area contributed by atoms with Crippen molar-refractivity contribution in [2.24, 2.45) is 0 Å². The Morgan fingerprint density at radius 2 is 1.95 bits per heavy atom. The molecule has 3 aliphatic rings. The molecule has 8 heterocycles. The summed E-state index contributed by atoms with van der Waals surface area (Å²) in [4.78, 5) is 14.0. The molecule has 0 saturated carbocycles. The number of nitrogens with zero attached hydrogens (tertiary/aromatic N) is 7. The Hall–Kier alpha value is -4.32. The van der Waals surface area contributed by atoms with Gasteiger partial charge in [0, 0.05) is 61.3 Å². The molecule has 12 heteroatoms. The highest BCUT2D eigenvalue weighted by atomic mass is 19.3. The molecule has 39 heavy (non-hydrogen) atoms. The molecular weight excluding hydrogens is 506 g/mol. The zero-order valence-electron chi connectivity index (χ0n) is 21.2. The molecule has 0 amide bonds. The molecule has 0 aromatic carbocycles. The Labute approximate surface area is 222 Å². The molecule has 0 spiro atoms. The average Bonchev–Trinajstić information content (AvgIpc) is 3.56. The van der Waals surface area contributed by atoms with Gasteiger partial charge in [0.1, 0.15) is 18.2 Å². The monoisotopic (exact) mass is 532 g/mol. The maximum Gasteiger partial charge on any atom is 0.272 e. The maximum absolute atomic E-state index is 12.8. The summed E-state index contributed by atoms with van der Waals surface area (Å²) in [6.07, 6.45) is 5.63. The SMILES string of the molecule is COc1ccc(CN2C3CC2CN(c2ccc(-c4cc(OCC(F)F)cn5nc6[nH]ncc6c45)cn2)C3)cn1. The number of anilines is 1. The predicted molar refractivity (Wildman–Crippen MR) is 140 cm³/mol. The second-order valence-corrected chi connectivity index (χ2v) is 9.95. The first-order valence-corrected chi connectivity index (χ1v) is 12.8. The van der Waals surface area contributed by atoms with E-state index in [1.54, 1.807) is 30.1 Å². The van der Waals surface area contributed by atoms with Crippen molar-refractivity contribution in [3.05, 3.63) is 60.7 Å². The summed E-state index contributed by atoms with van der Waals surface area (Å²) in [5.74, 6) is 1.85. The highest BCUT2D eigenvalue weighted by Gasteiger charge is 2.44. The molecule has 8 rings (SSSR count). The zero-order chi connectivity index (χ0) is 26.5. The van der Waals surface area contributed by atoms with Crippen molar-refractivity contribution < 1.29 is 18.3 Å². The van der Waals surface area contributed by atoms with Crippen molar-refractivity contribution in [3.8, 4) is 22.8 Å². The summed E-state index contributed by atoms with van der Waals surface area (Å²) in [5.41, 5.74) is 4.21. The number of pyridine rings is 3. The zero-order valence-corrected chi connectivity index (χ0v) is 21.2. The fourth-order valence-corrected chi connectivity index (χ4v) is 5.70. The van der Waals surface area contributed by atoms with Gasteiger partial charge in [0.15, 0.2) is 5.65 Å². The van der Waals surface area contributed by atoms with Crippen LogP contribution in [0.15, 0.2) is 55.1 Å². The van der Waals surface area contributed by atoms with Crippen LogP contribution >= 0.6 is 0 Å². The first-order valence-electron chi connectivity index (χ1n) is 12.8. The van der Waals surface area contributed by atoms with Gasteiger partial charge in [0.05, 0.1) is 30.4 Å². The second-order valence-electron chi connectivity index (χ2n) is 9.95. The van der Waals surface area contributed by atoms with Crippen molar-refractivity contribution >= 4 is 22.4 Å². The van der Waals surface area contributed by atoms with Gasteiger partial charge in [-0.2, -0.15) is 5.10 Å². The largest absolute Gasteiger partial charge is 0.486 e. The summed E-state index contributed by atoms with van der Waals surface area (Å²) >= 11 is 0. The number of nitrogens with one attached hydrogen (secondary N) is 1. The van der Waals surface area contributed by atoms with Crippen LogP contribution in [0.4, 0.5) is 14.6 Å². The van der Waals surface area contributed by atoms with Gasteiger partial charge in [0.25, 0.3) is 6.43 Å². The molecule has 5 aromatic heterocycles. The molecule has 2 unspecified atom stereocenters. The molecular formula is C27H26F2N8O2. The molecule has 2 atom stereocenters. The van der Waals surface area contributed by atoms with Crippen LogP contribution in [0.1, 0.15) is 12.0 Å². The summed E-state index contributed by atoms with van der Waals surface area (Å²) in [5, 5.41) is 12.3. The second kappa shape index (κ2) is 9.45. The van der Waals surface area contributed by atoms with Crippen LogP contribution in [0.3, 0.4) is 0 Å². The van der Waals surface area contributed by atoms with E-state index in [1.165, 1.54) is 12.0 Å². The Morgan fingerprint density at radius 1 is 1.08 bits per heavy atom. The van der Waals surface area contributed by atoms with Crippen LogP contribution in [0.2, 0.25) is 0 Å². The van der Waals surface area contributed by atoms with E-state index in [0.717, 1.165) is 47.5 Å². The van der Waals surface area contributed by atoms with Gasteiger partial charge < -0.3 is 14.4 Å². The van der Waals surface area contributed by atoms with E-state index in [-0.39, 0.29) is 0 Å². The minimum absolute atomic E-state index is 0.309. The maximum atomic E-state index is 12.8. The van der Waals surface area contributed by atoms with E-state index in [2.05, 4.69) is 36.1 Å². The van der Waals surface area contributed by atoms with Gasteiger partial charge in [-0.15, -0.1) is 5.10 Å².